The van der Waals surface area contributed by atoms with E-state index in [9.17, 15) is 0 Å². The Balaban J connectivity index is 2.05. The third-order valence-electron chi connectivity index (χ3n) is 5.30. The zero-order chi connectivity index (χ0) is 18.9. The molecule has 0 spiro atoms. The highest BCUT2D eigenvalue weighted by atomic mass is 32.2. The van der Waals surface area contributed by atoms with Gasteiger partial charge in [0.2, 0.25) is 0 Å². The maximum absolute atomic E-state index is 4.32. The van der Waals surface area contributed by atoms with E-state index < -0.39 is 0 Å². The van der Waals surface area contributed by atoms with E-state index >= 15 is 0 Å². The van der Waals surface area contributed by atoms with Gasteiger partial charge in [0.25, 0.3) is 0 Å². The maximum atomic E-state index is 4.32. The number of tetrazole rings is 1. The van der Waals surface area contributed by atoms with Crippen molar-refractivity contribution in [2.75, 3.05) is 0 Å². The highest BCUT2D eigenvalue weighted by molar-refractivity contribution is 8.26. The molecular formula is C18H26BN6S. The van der Waals surface area contributed by atoms with Crippen LogP contribution in [0.25, 0.3) is 5.69 Å². The van der Waals surface area contributed by atoms with E-state index in [-0.39, 0.29) is 11.3 Å². The summed E-state index contributed by atoms with van der Waals surface area (Å²) >= 11 is 1.72. The molecule has 1 radical (unpaired) electrons. The molecule has 0 aliphatic heterocycles. The molecule has 0 saturated carbocycles. The van der Waals surface area contributed by atoms with Gasteiger partial charge in [-0.3, -0.25) is 9.13 Å². The van der Waals surface area contributed by atoms with Crippen LogP contribution in [0, 0.1) is 5.92 Å². The maximum Gasteiger partial charge on any atom is 0.171 e. The van der Waals surface area contributed by atoms with Crippen LogP contribution in [0.4, 0.5) is 0 Å². The van der Waals surface area contributed by atoms with Crippen molar-refractivity contribution in [2.24, 2.45) is 20.0 Å². The van der Waals surface area contributed by atoms with E-state index in [0.717, 1.165) is 10.8 Å². The molecular weight excluding hydrogens is 343 g/mol. The number of rotatable bonds is 6. The summed E-state index contributed by atoms with van der Waals surface area (Å²) in [5.41, 5.74) is 2.22. The Labute approximate surface area is 159 Å². The number of nitrogens with zero attached hydrogens (tertiary/aromatic N) is 6. The topological polar surface area (TPSA) is 52.4 Å². The highest BCUT2D eigenvalue weighted by Gasteiger charge is 2.32. The Hall–Kier alpha value is -2.09. The molecule has 3 aromatic rings. The van der Waals surface area contributed by atoms with Crippen molar-refractivity contribution in [3.8, 4) is 5.69 Å². The zero-order valence-corrected chi connectivity index (χ0v) is 17.1. The van der Waals surface area contributed by atoms with E-state index in [0.29, 0.717) is 5.92 Å². The largest absolute Gasteiger partial charge is 0.322 e. The number of hydrogen-bond donors (Lipinski definition) is 0. The molecule has 2 heterocycles. The Morgan fingerprint density at radius 2 is 1.88 bits per heavy atom. The first-order chi connectivity index (χ1) is 12.3. The zero-order valence-electron chi connectivity index (χ0n) is 16.3. The lowest BCUT2D eigenvalue weighted by Gasteiger charge is -2.44. The first kappa shape index (κ1) is 18.7. The molecule has 0 N–H and O–H groups in total. The molecule has 2 aromatic heterocycles. The molecule has 0 fully saturated rings. The number of para-hydroxylation sites is 1. The summed E-state index contributed by atoms with van der Waals surface area (Å²) in [7, 11) is 4.19. The van der Waals surface area contributed by atoms with E-state index in [4.69, 9.17) is 0 Å². The molecule has 8 heteroatoms. The SMILES string of the molecule is CC(C)C(C)(C)[B-](Sc1nnnn1-c1ccccc1)c1n(C)cc[n+]1C. The number of hydrogen-bond acceptors (Lipinski definition) is 4. The van der Waals surface area contributed by atoms with Gasteiger partial charge in [0, 0.05) is 0 Å². The lowest BCUT2D eigenvalue weighted by atomic mass is 9.47. The summed E-state index contributed by atoms with van der Waals surface area (Å²) in [6.07, 6.45) is 4.19. The molecule has 0 amide bonds. The average molecular weight is 369 g/mol. The minimum Gasteiger partial charge on any atom is -0.322 e. The van der Waals surface area contributed by atoms with Gasteiger partial charge in [0.1, 0.15) is 12.4 Å². The van der Waals surface area contributed by atoms with Crippen LogP contribution in [0.5, 0.6) is 0 Å². The summed E-state index contributed by atoms with van der Waals surface area (Å²) in [5, 5.41) is 13.3. The van der Waals surface area contributed by atoms with E-state index in [1.165, 1.54) is 5.72 Å². The lowest BCUT2D eigenvalue weighted by molar-refractivity contribution is -0.653. The molecule has 0 saturated heterocycles. The van der Waals surface area contributed by atoms with Crippen molar-refractivity contribution in [1.29, 1.82) is 0 Å². The molecule has 0 bridgehead atoms. The Morgan fingerprint density at radius 1 is 1.19 bits per heavy atom. The second-order valence-electron chi connectivity index (χ2n) is 7.56. The molecule has 26 heavy (non-hydrogen) atoms. The van der Waals surface area contributed by atoms with Gasteiger partial charge in [-0.25, -0.2) is 0 Å². The summed E-state index contributed by atoms with van der Waals surface area (Å²) < 4.78 is 6.20. The Bertz CT molecular complexity index is 851. The number of aromatic nitrogens is 6. The minimum absolute atomic E-state index is 0.0437. The molecule has 3 rings (SSSR count). The normalized spacial score (nSPS) is 12.3. The van der Waals surface area contributed by atoms with Gasteiger partial charge in [-0.15, -0.1) is 5.10 Å². The van der Waals surface area contributed by atoms with Gasteiger partial charge < -0.3 is 11.6 Å². The monoisotopic (exact) mass is 369 g/mol. The van der Waals surface area contributed by atoms with Crippen LogP contribution in [-0.4, -0.2) is 30.8 Å². The van der Waals surface area contributed by atoms with Crippen LogP contribution >= 0.6 is 11.6 Å². The predicted molar refractivity (Wildman–Crippen MR) is 106 cm³/mol. The third kappa shape index (κ3) is 3.42. The lowest BCUT2D eigenvalue weighted by Crippen LogP contribution is -2.58. The van der Waals surface area contributed by atoms with Gasteiger partial charge in [-0.2, -0.15) is 10.00 Å². The van der Waals surface area contributed by atoms with E-state index in [1.807, 2.05) is 35.0 Å². The third-order valence-corrected chi connectivity index (χ3v) is 6.82. The van der Waals surface area contributed by atoms with E-state index in [2.05, 4.69) is 78.8 Å². The first-order valence-corrected chi connectivity index (χ1v) is 9.71. The molecule has 0 atom stereocenters. The fourth-order valence-corrected chi connectivity index (χ4v) is 4.45. The standard InChI is InChI=1S/C18H26BN6S/c1-14(2)18(3,4)19(16-23(5)12-13-24(16)6)26-17-20-21-22-25(17)15-10-8-7-9-11-15/h7-14H,1-6H3. The quantitative estimate of drug-likeness (QED) is 0.494. The van der Waals surface area contributed by atoms with Gasteiger partial charge in [0.05, 0.1) is 31.5 Å². The van der Waals surface area contributed by atoms with Crippen molar-refractivity contribution in [3.63, 3.8) is 0 Å². The smallest absolute Gasteiger partial charge is 0.171 e. The molecule has 137 valence electrons. The fraction of sp³-hybridized carbons (Fsp3) is 0.444. The van der Waals surface area contributed by atoms with Gasteiger partial charge in [-0.05, 0) is 22.6 Å². The molecule has 0 aliphatic rings. The highest BCUT2D eigenvalue weighted by Crippen LogP contribution is 2.43. The number of imidazole rings is 1. The first-order valence-electron chi connectivity index (χ1n) is 8.83. The van der Waals surface area contributed by atoms with E-state index in [1.54, 1.807) is 11.6 Å². The van der Waals surface area contributed by atoms with Crippen LogP contribution in [0.1, 0.15) is 27.7 Å². The van der Waals surface area contributed by atoms with Gasteiger partial charge >= 0.3 is 0 Å². The van der Waals surface area contributed by atoms with Crippen LogP contribution in [0.15, 0.2) is 47.9 Å². The van der Waals surface area contributed by atoms with Crippen LogP contribution in [0.2, 0.25) is 5.31 Å². The Morgan fingerprint density at radius 3 is 2.46 bits per heavy atom. The summed E-state index contributed by atoms with van der Waals surface area (Å²) in [5.74, 6) is 0.692. The van der Waals surface area contributed by atoms with Crippen molar-refractivity contribution in [2.45, 2.75) is 38.2 Å². The molecule has 0 unspecified atom stereocenters. The fourth-order valence-electron chi connectivity index (χ4n) is 2.90. The molecule has 0 aliphatic carbocycles. The van der Waals surface area contributed by atoms with Gasteiger partial charge in [-0.1, -0.05) is 51.8 Å². The summed E-state index contributed by atoms with van der Waals surface area (Å²) in [6.45, 7) is 9.19. The van der Waals surface area contributed by atoms with Crippen molar-refractivity contribution in [1.82, 2.24) is 24.8 Å². The minimum atomic E-state index is 0.0437. The molecule has 1 aromatic carbocycles. The van der Waals surface area contributed by atoms with Crippen LogP contribution < -0.4 is 10.3 Å². The summed E-state index contributed by atoms with van der Waals surface area (Å²) in [6, 6.07) is 10.0. The van der Waals surface area contributed by atoms with Crippen molar-refractivity contribution >= 4 is 23.3 Å². The van der Waals surface area contributed by atoms with Crippen molar-refractivity contribution < 1.29 is 4.57 Å². The van der Waals surface area contributed by atoms with Crippen LogP contribution in [-0.2, 0) is 14.1 Å². The summed E-state index contributed by atoms with van der Waals surface area (Å²) in [4.78, 5) is 0. The second kappa shape index (κ2) is 7.27. The van der Waals surface area contributed by atoms with Crippen LogP contribution in [0.3, 0.4) is 0 Å². The van der Waals surface area contributed by atoms with Crippen molar-refractivity contribution in [3.05, 3.63) is 42.7 Å². The average Bonchev–Trinajstić information content (AvgIpc) is 3.20. The molecule has 6 nitrogen and oxygen atoms in total. The number of aryl methyl sites for hydroxylation is 2. The Kier molecular flexibility index (Phi) is 5.23. The second-order valence-corrected chi connectivity index (χ2v) is 8.63. The predicted octanol–water partition coefficient (Wildman–Crippen LogP) is 2.25. The van der Waals surface area contributed by atoms with Gasteiger partial charge in [0.15, 0.2) is 5.16 Å². The number of benzene rings is 1.